The molecule has 0 aliphatic heterocycles. The van der Waals surface area contributed by atoms with Crippen LogP contribution in [0.1, 0.15) is 17.3 Å². The second-order valence-electron chi connectivity index (χ2n) is 3.21. The van der Waals surface area contributed by atoms with E-state index in [9.17, 15) is 4.79 Å². The minimum absolute atomic E-state index is 0.105. The normalized spacial score (nSPS) is 12.2. The highest BCUT2D eigenvalue weighted by Crippen LogP contribution is 2.10. The average molecular weight is 273 g/mol. The lowest BCUT2D eigenvalue weighted by molar-refractivity contribution is 0.0857. The van der Waals surface area contributed by atoms with E-state index in [-0.39, 0.29) is 11.9 Å². The van der Waals surface area contributed by atoms with Crippen molar-refractivity contribution in [3.63, 3.8) is 0 Å². The van der Waals surface area contributed by atoms with E-state index in [1.165, 1.54) is 0 Å². The maximum Gasteiger partial charge on any atom is 0.251 e. The molecular weight excluding hydrogens is 260 g/mol. The Hall–Kier alpha value is -0.910. The van der Waals surface area contributed by atoms with Crippen molar-refractivity contribution in [1.82, 2.24) is 5.32 Å². The van der Waals surface area contributed by atoms with Crippen molar-refractivity contribution >= 4 is 21.8 Å². The monoisotopic (exact) mass is 272 g/mol. The first-order chi connectivity index (χ1) is 7.13. The van der Waals surface area contributed by atoms with E-state index >= 15 is 0 Å². The molecule has 82 valence electrons. The van der Waals surface area contributed by atoms with Gasteiger partial charge in [-0.3, -0.25) is 4.79 Å². The highest BCUT2D eigenvalue weighted by atomic mass is 79.9. The Morgan fingerprint density at radius 2 is 2.13 bits per heavy atom. The number of benzene rings is 1. The Morgan fingerprint density at radius 1 is 1.53 bits per heavy atom. The summed E-state index contributed by atoms with van der Waals surface area (Å²) in [6, 6.07) is 7.02. The van der Waals surface area contributed by atoms with Crippen molar-refractivity contribution in [2.24, 2.45) is 5.90 Å². The van der Waals surface area contributed by atoms with Gasteiger partial charge in [-0.1, -0.05) is 15.9 Å². The number of amides is 1. The van der Waals surface area contributed by atoms with E-state index in [1.807, 2.05) is 19.1 Å². The number of hydrogen-bond donors (Lipinski definition) is 2. The lowest BCUT2D eigenvalue weighted by Crippen LogP contribution is -2.36. The molecule has 0 aromatic heterocycles. The molecule has 0 spiro atoms. The van der Waals surface area contributed by atoms with E-state index in [0.717, 1.165) is 4.47 Å². The van der Waals surface area contributed by atoms with Gasteiger partial charge in [0.1, 0.15) is 0 Å². The van der Waals surface area contributed by atoms with Crippen LogP contribution in [0, 0.1) is 0 Å². The molecule has 1 amide bonds. The third-order valence-electron chi connectivity index (χ3n) is 1.83. The highest BCUT2D eigenvalue weighted by molar-refractivity contribution is 9.10. The molecule has 1 atom stereocenters. The Labute approximate surface area is 96.9 Å². The molecule has 1 aromatic rings. The van der Waals surface area contributed by atoms with Crippen LogP contribution in [0.3, 0.4) is 0 Å². The lowest BCUT2D eigenvalue weighted by atomic mass is 10.2. The predicted octanol–water partition coefficient (Wildman–Crippen LogP) is 1.46. The zero-order chi connectivity index (χ0) is 11.3. The topological polar surface area (TPSA) is 64.3 Å². The standard InChI is InChI=1S/C10H13BrN2O2/c1-7(6-15-12)13-10(14)8-2-4-9(11)5-3-8/h2-5,7H,6,12H2,1H3,(H,13,14). The van der Waals surface area contributed by atoms with E-state index < -0.39 is 0 Å². The molecule has 4 nitrogen and oxygen atoms in total. The zero-order valence-corrected chi connectivity index (χ0v) is 9.95. The van der Waals surface area contributed by atoms with Gasteiger partial charge in [0.2, 0.25) is 0 Å². The summed E-state index contributed by atoms with van der Waals surface area (Å²) in [6.45, 7) is 2.12. The van der Waals surface area contributed by atoms with Gasteiger partial charge < -0.3 is 10.2 Å². The fourth-order valence-electron chi connectivity index (χ4n) is 1.09. The van der Waals surface area contributed by atoms with E-state index in [4.69, 9.17) is 5.90 Å². The second kappa shape index (κ2) is 5.85. The Kier molecular flexibility index (Phi) is 4.74. The van der Waals surface area contributed by atoms with Gasteiger partial charge in [0.25, 0.3) is 5.91 Å². The number of halogens is 1. The number of rotatable bonds is 4. The first-order valence-electron chi connectivity index (χ1n) is 4.51. The molecular formula is C10H13BrN2O2. The van der Waals surface area contributed by atoms with Crippen molar-refractivity contribution in [2.45, 2.75) is 13.0 Å². The van der Waals surface area contributed by atoms with Crippen molar-refractivity contribution in [3.05, 3.63) is 34.3 Å². The van der Waals surface area contributed by atoms with E-state index in [2.05, 4.69) is 26.1 Å². The quantitative estimate of drug-likeness (QED) is 0.816. The van der Waals surface area contributed by atoms with Gasteiger partial charge in [-0.05, 0) is 31.2 Å². The summed E-state index contributed by atoms with van der Waals surface area (Å²) in [4.78, 5) is 16.1. The van der Waals surface area contributed by atoms with Gasteiger partial charge in [0.05, 0.1) is 12.6 Å². The molecule has 15 heavy (non-hydrogen) atoms. The number of carbonyl (C=O) groups is 1. The smallest absolute Gasteiger partial charge is 0.251 e. The molecule has 1 rings (SSSR count). The molecule has 3 N–H and O–H groups in total. The molecule has 1 unspecified atom stereocenters. The Balaban J connectivity index is 2.57. The summed E-state index contributed by atoms with van der Waals surface area (Å²) in [5, 5.41) is 2.76. The van der Waals surface area contributed by atoms with Gasteiger partial charge in [0, 0.05) is 10.0 Å². The van der Waals surface area contributed by atoms with Crippen LogP contribution >= 0.6 is 15.9 Å². The van der Waals surface area contributed by atoms with Crippen LogP contribution in [-0.4, -0.2) is 18.6 Å². The molecule has 5 heteroatoms. The summed E-state index contributed by atoms with van der Waals surface area (Å²) in [5.41, 5.74) is 0.613. The lowest BCUT2D eigenvalue weighted by Gasteiger charge is -2.12. The van der Waals surface area contributed by atoms with Crippen LogP contribution in [0.5, 0.6) is 0 Å². The van der Waals surface area contributed by atoms with Crippen LogP contribution in [0.25, 0.3) is 0 Å². The average Bonchev–Trinajstić information content (AvgIpc) is 2.18. The third kappa shape index (κ3) is 3.99. The fourth-order valence-corrected chi connectivity index (χ4v) is 1.36. The summed E-state index contributed by atoms with van der Waals surface area (Å²) in [5.74, 6) is 4.77. The predicted molar refractivity (Wildman–Crippen MR) is 61.2 cm³/mol. The molecule has 0 fully saturated rings. The second-order valence-corrected chi connectivity index (χ2v) is 4.13. The maximum atomic E-state index is 11.6. The molecule has 0 aliphatic rings. The minimum Gasteiger partial charge on any atom is -0.347 e. The number of nitrogens with one attached hydrogen (secondary N) is 1. The molecule has 0 saturated carbocycles. The maximum absolute atomic E-state index is 11.6. The number of nitrogens with two attached hydrogens (primary N) is 1. The van der Waals surface area contributed by atoms with E-state index in [0.29, 0.717) is 12.2 Å². The van der Waals surface area contributed by atoms with Gasteiger partial charge in [-0.15, -0.1) is 0 Å². The highest BCUT2D eigenvalue weighted by Gasteiger charge is 2.08. The number of hydrogen-bond acceptors (Lipinski definition) is 3. The van der Waals surface area contributed by atoms with Crippen molar-refractivity contribution in [1.29, 1.82) is 0 Å². The molecule has 0 bridgehead atoms. The molecule has 0 aliphatic carbocycles. The van der Waals surface area contributed by atoms with Crippen LogP contribution < -0.4 is 11.2 Å². The first kappa shape index (κ1) is 12.2. The molecule has 0 radical (unpaired) electrons. The van der Waals surface area contributed by atoms with Gasteiger partial charge in [-0.25, -0.2) is 5.90 Å². The number of carbonyl (C=O) groups excluding carboxylic acids is 1. The van der Waals surface area contributed by atoms with Crippen molar-refractivity contribution in [3.8, 4) is 0 Å². The summed E-state index contributed by atoms with van der Waals surface area (Å²) in [7, 11) is 0. The largest absolute Gasteiger partial charge is 0.347 e. The zero-order valence-electron chi connectivity index (χ0n) is 8.37. The molecule has 1 aromatic carbocycles. The SMILES string of the molecule is CC(CON)NC(=O)c1ccc(Br)cc1. The first-order valence-corrected chi connectivity index (χ1v) is 5.31. The molecule has 0 heterocycles. The van der Waals surface area contributed by atoms with Crippen LogP contribution in [0.15, 0.2) is 28.7 Å². The van der Waals surface area contributed by atoms with Gasteiger partial charge >= 0.3 is 0 Å². The van der Waals surface area contributed by atoms with Crippen LogP contribution in [-0.2, 0) is 4.84 Å². The third-order valence-corrected chi connectivity index (χ3v) is 2.36. The summed E-state index contributed by atoms with van der Waals surface area (Å²) < 4.78 is 0.942. The minimum atomic E-state index is -0.132. The summed E-state index contributed by atoms with van der Waals surface area (Å²) in [6.07, 6.45) is 0. The Bertz CT molecular complexity index is 327. The van der Waals surface area contributed by atoms with Crippen LogP contribution in [0.2, 0.25) is 0 Å². The van der Waals surface area contributed by atoms with Gasteiger partial charge in [0.15, 0.2) is 0 Å². The van der Waals surface area contributed by atoms with Crippen molar-refractivity contribution in [2.75, 3.05) is 6.61 Å². The van der Waals surface area contributed by atoms with E-state index in [1.54, 1.807) is 12.1 Å². The summed E-state index contributed by atoms with van der Waals surface area (Å²) >= 11 is 3.30. The van der Waals surface area contributed by atoms with Gasteiger partial charge in [-0.2, -0.15) is 0 Å². The Morgan fingerprint density at radius 3 is 2.67 bits per heavy atom. The molecule has 0 saturated heterocycles. The van der Waals surface area contributed by atoms with Crippen LogP contribution in [0.4, 0.5) is 0 Å². The van der Waals surface area contributed by atoms with Crippen molar-refractivity contribution < 1.29 is 9.63 Å². The fraction of sp³-hybridized carbons (Fsp3) is 0.300.